The highest BCUT2D eigenvalue weighted by Gasteiger charge is 2.24. The zero-order valence-corrected chi connectivity index (χ0v) is 20.4. The second-order valence-electron chi connectivity index (χ2n) is 9.20. The number of hydrogen-bond acceptors (Lipinski definition) is 6. The molecule has 9 heteroatoms. The average molecular weight is 471 g/mol. The van der Waals surface area contributed by atoms with Crippen LogP contribution in [0.4, 0.5) is 5.82 Å². The van der Waals surface area contributed by atoms with Gasteiger partial charge < -0.3 is 10.4 Å². The Morgan fingerprint density at radius 1 is 1.27 bits per heavy atom. The van der Waals surface area contributed by atoms with Gasteiger partial charge in [0.15, 0.2) is 11.0 Å². The highest BCUT2D eigenvalue weighted by Crippen LogP contribution is 2.30. The van der Waals surface area contributed by atoms with Crippen molar-refractivity contribution in [1.82, 2.24) is 25.9 Å². The lowest BCUT2D eigenvalue weighted by molar-refractivity contribution is 0.0941. The number of aryl methyl sites for hydroxylation is 1. The normalized spacial score (nSPS) is 21.3. The molecule has 4 N–H and O–H groups in total. The first-order chi connectivity index (χ1) is 15.9. The number of aliphatic hydroxyl groups excluding tert-OH is 1. The summed E-state index contributed by atoms with van der Waals surface area (Å²) in [7, 11) is 2.03. The summed E-state index contributed by atoms with van der Waals surface area (Å²) in [5.74, 6) is 1.25. The van der Waals surface area contributed by atoms with Crippen LogP contribution in [0.2, 0.25) is 0 Å². The van der Waals surface area contributed by atoms with Crippen LogP contribution in [-0.4, -0.2) is 63.4 Å². The minimum Gasteiger partial charge on any atom is -0.393 e. The first kappa shape index (κ1) is 23.8. The van der Waals surface area contributed by atoms with E-state index in [2.05, 4.69) is 25.9 Å². The van der Waals surface area contributed by atoms with Crippen molar-refractivity contribution < 1.29 is 9.90 Å². The summed E-state index contributed by atoms with van der Waals surface area (Å²) >= 11 is 1.54. The zero-order valence-electron chi connectivity index (χ0n) is 19.6. The van der Waals surface area contributed by atoms with Gasteiger partial charge in [-0.15, -0.1) is 0 Å². The molecule has 4 rings (SSSR count). The number of aliphatic hydroxyl groups is 1. The highest BCUT2D eigenvalue weighted by atomic mass is 32.2. The molecule has 33 heavy (non-hydrogen) atoms. The fourth-order valence-electron chi connectivity index (χ4n) is 4.29. The van der Waals surface area contributed by atoms with Gasteiger partial charge in [0.1, 0.15) is 0 Å². The number of carbonyl (C=O) groups excluding carboxylic acids is 1. The first-order valence-electron chi connectivity index (χ1n) is 11.7. The molecule has 2 aromatic rings. The number of aromatic amines is 1. The van der Waals surface area contributed by atoms with Gasteiger partial charge in [0.05, 0.1) is 12.3 Å². The molecule has 0 unspecified atom stereocenters. The van der Waals surface area contributed by atoms with Crippen LogP contribution in [0.5, 0.6) is 0 Å². The van der Waals surface area contributed by atoms with E-state index in [9.17, 15) is 9.90 Å². The summed E-state index contributed by atoms with van der Waals surface area (Å²) in [6.45, 7) is 2.87. The maximum Gasteiger partial charge on any atom is 0.251 e. The lowest BCUT2D eigenvalue weighted by atomic mass is 9.87. The van der Waals surface area contributed by atoms with Crippen LogP contribution in [0, 0.1) is 12.8 Å². The predicted molar refractivity (Wildman–Crippen MR) is 134 cm³/mol. The van der Waals surface area contributed by atoms with Gasteiger partial charge in [-0.2, -0.15) is 5.10 Å². The molecule has 1 aromatic heterocycles. The van der Waals surface area contributed by atoms with Crippen LogP contribution in [-0.2, 0) is 0 Å². The predicted octanol–water partition coefficient (Wildman–Crippen LogP) is 3.62. The topological polar surface area (TPSA) is 106 Å². The Morgan fingerprint density at radius 2 is 2.03 bits per heavy atom. The lowest BCUT2D eigenvalue weighted by Gasteiger charge is -2.29. The van der Waals surface area contributed by atoms with Gasteiger partial charge in [0, 0.05) is 30.8 Å². The molecule has 0 atom stereocenters. The molecular weight excluding hydrogens is 436 g/mol. The molecule has 2 fully saturated rings. The monoisotopic (exact) mass is 470 g/mol. The summed E-state index contributed by atoms with van der Waals surface area (Å²) < 4.78 is 0. The Labute approximate surface area is 199 Å². The Balaban J connectivity index is 1.44. The number of aliphatic imine (C=N–C) groups is 1. The SMILES string of the molecule is CS/C(=N/c1[nH]ncc1-c1ccc(C(=O)NC2CC2)c(C)c1)NN(C)CC1CCC(O)CC1. The number of thioether (sulfide) groups is 1. The minimum absolute atomic E-state index is 0.00336. The van der Waals surface area contributed by atoms with E-state index in [0.29, 0.717) is 23.3 Å². The Kier molecular flexibility index (Phi) is 7.72. The second kappa shape index (κ2) is 10.7. The van der Waals surface area contributed by atoms with E-state index in [0.717, 1.165) is 66.9 Å². The number of hydrogen-bond donors (Lipinski definition) is 4. The molecule has 0 radical (unpaired) electrons. The van der Waals surface area contributed by atoms with Crippen LogP contribution >= 0.6 is 11.8 Å². The number of H-pyrrole nitrogens is 1. The van der Waals surface area contributed by atoms with E-state index in [1.165, 1.54) is 0 Å². The van der Waals surface area contributed by atoms with E-state index in [-0.39, 0.29) is 12.0 Å². The fourth-order valence-corrected chi connectivity index (χ4v) is 4.72. The van der Waals surface area contributed by atoms with Crippen LogP contribution in [0.3, 0.4) is 0 Å². The van der Waals surface area contributed by atoms with Crippen LogP contribution < -0.4 is 10.7 Å². The van der Waals surface area contributed by atoms with Gasteiger partial charge in [0.2, 0.25) is 0 Å². The van der Waals surface area contributed by atoms with Crippen molar-refractivity contribution in [2.75, 3.05) is 19.8 Å². The van der Waals surface area contributed by atoms with E-state index in [1.807, 2.05) is 38.4 Å². The molecule has 0 spiro atoms. The minimum atomic E-state index is -0.132. The van der Waals surface area contributed by atoms with E-state index in [4.69, 9.17) is 4.99 Å². The van der Waals surface area contributed by atoms with Gasteiger partial charge in [-0.25, -0.2) is 10.0 Å². The van der Waals surface area contributed by atoms with Gasteiger partial charge in [0.25, 0.3) is 5.91 Å². The lowest BCUT2D eigenvalue weighted by Crippen LogP contribution is -2.41. The van der Waals surface area contributed by atoms with Crippen molar-refractivity contribution in [1.29, 1.82) is 0 Å². The third-order valence-corrected chi connectivity index (χ3v) is 6.92. The van der Waals surface area contributed by atoms with E-state index >= 15 is 0 Å². The van der Waals surface area contributed by atoms with Gasteiger partial charge >= 0.3 is 0 Å². The second-order valence-corrected chi connectivity index (χ2v) is 9.99. The molecule has 2 aliphatic rings. The van der Waals surface area contributed by atoms with Crippen molar-refractivity contribution in [2.45, 2.75) is 57.6 Å². The molecule has 2 saturated carbocycles. The molecule has 1 amide bonds. The number of hydrazine groups is 1. The molecule has 0 aliphatic heterocycles. The third kappa shape index (κ3) is 6.37. The Hall–Kier alpha value is -2.36. The quantitative estimate of drug-likeness (QED) is 0.280. The Morgan fingerprint density at radius 3 is 2.70 bits per heavy atom. The largest absolute Gasteiger partial charge is 0.393 e. The van der Waals surface area contributed by atoms with Crippen molar-refractivity contribution in [3.8, 4) is 11.1 Å². The van der Waals surface area contributed by atoms with Gasteiger partial charge in [-0.3, -0.25) is 15.3 Å². The summed E-state index contributed by atoms with van der Waals surface area (Å²) in [5, 5.41) is 22.8. The number of benzene rings is 1. The zero-order chi connectivity index (χ0) is 23.4. The number of carbonyl (C=O) groups is 1. The summed E-state index contributed by atoms with van der Waals surface area (Å²) in [5.41, 5.74) is 6.89. The molecule has 1 aromatic carbocycles. The summed E-state index contributed by atoms with van der Waals surface area (Å²) in [6.07, 6.45) is 9.66. The standard InChI is InChI=1S/C24H34N6O2S/c1-15-12-17(6-11-20(15)23(32)26-18-7-8-18)21-13-25-28-22(21)27-24(33-3)29-30(2)14-16-4-9-19(31)10-5-16/h6,11-13,16,18-19,31H,4-5,7-10,14H2,1-3H3,(H,26,32)(H2,25,27,28,29). The fraction of sp³-hybridized carbons (Fsp3) is 0.542. The number of amidine groups is 1. The summed E-state index contributed by atoms with van der Waals surface area (Å²) in [6, 6.07) is 6.19. The maximum absolute atomic E-state index is 12.4. The third-order valence-electron chi connectivity index (χ3n) is 6.36. The maximum atomic E-state index is 12.4. The number of nitrogens with zero attached hydrogens (tertiary/aromatic N) is 3. The van der Waals surface area contributed by atoms with Crippen molar-refractivity contribution in [3.63, 3.8) is 0 Å². The first-order valence-corrected chi connectivity index (χ1v) is 12.9. The molecule has 8 nitrogen and oxygen atoms in total. The summed E-state index contributed by atoms with van der Waals surface area (Å²) in [4.78, 5) is 17.2. The van der Waals surface area contributed by atoms with Crippen LogP contribution in [0.15, 0.2) is 29.4 Å². The van der Waals surface area contributed by atoms with Crippen LogP contribution in [0.1, 0.15) is 54.4 Å². The van der Waals surface area contributed by atoms with Crippen molar-refractivity contribution in [2.24, 2.45) is 10.9 Å². The number of rotatable bonds is 7. The van der Waals surface area contributed by atoms with Crippen molar-refractivity contribution in [3.05, 3.63) is 35.5 Å². The molecule has 0 bridgehead atoms. The van der Waals surface area contributed by atoms with Gasteiger partial charge in [-0.1, -0.05) is 23.9 Å². The Bertz CT molecular complexity index is 995. The number of nitrogens with one attached hydrogen (secondary N) is 3. The smallest absolute Gasteiger partial charge is 0.251 e. The molecule has 178 valence electrons. The highest BCUT2D eigenvalue weighted by molar-refractivity contribution is 8.13. The van der Waals surface area contributed by atoms with Crippen molar-refractivity contribution >= 4 is 28.7 Å². The van der Waals surface area contributed by atoms with E-state index in [1.54, 1.807) is 18.0 Å². The number of amides is 1. The molecule has 2 aliphatic carbocycles. The number of aromatic nitrogens is 2. The van der Waals surface area contributed by atoms with Gasteiger partial charge in [-0.05, 0) is 74.8 Å². The molecule has 0 saturated heterocycles. The average Bonchev–Trinajstić information content (AvgIpc) is 3.49. The van der Waals surface area contributed by atoms with Crippen LogP contribution in [0.25, 0.3) is 11.1 Å². The molecular formula is C24H34N6O2S. The van der Waals surface area contributed by atoms with E-state index < -0.39 is 0 Å². The molecule has 1 heterocycles.